The molecule has 1 aliphatic rings. The van der Waals surface area contributed by atoms with E-state index >= 15 is 0 Å². The number of carbonyl (C=O) groups is 2. The molecule has 1 rings (SSSR count). The molecule has 0 aromatic heterocycles. The molecule has 0 bridgehead atoms. The van der Waals surface area contributed by atoms with E-state index in [-0.39, 0.29) is 23.9 Å². The Morgan fingerprint density at radius 1 is 1.30 bits per heavy atom. The van der Waals surface area contributed by atoms with Crippen molar-refractivity contribution in [2.45, 2.75) is 59.0 Å². The molecule has 0 aromatic rings. The van der Waals surface area contributed by atoms with Gasteiger partial charge in [-0.2, -0.15) is 0 Å². The minimum Gasteiger partial charge on any atom is -0.481 e. The average molecular weight is 284 g/mol. The summed E-state index contributed by atoms with van der Waals surface area (Å²) in [5.41, 5.74) is 0. The average Bonchev–Trinajstić information content (AvgIpc) is 2.68. The Labute approximate surface area is 121 Å². The van der Waals surface area contributed by atoms with Crippen molar-refractivity contribution in [3.8, 4) is 0 Å². The first kappa shape index (κ1) is 17.0. The quantitative estimate of drug-likeness (QED) is 0.747. The zero-order valence-electron chi connectivity index (χ0n) is 13.1. The first-order valence-electron chi connectivity index (χ1n) is 7.57. The SMILES string of the molecule is CC(C)CCC(C)NC(=O)CN1CCC(C(=O)O)C1C. The predicted molar refractivity (Wildman–Crippen MR) is 78.5 cm³/mol. The molecular weight excluding hydrogens is 256 g/mol. The van der Waals surface area contributed by atoms with Crippen LogP contribution in [-0.4, -0.2) is 47.1 Å². The maximum absolute atomic E-state index is 12.0. The summed E-state index contributed by atoms with van der Waals surface area (Å²) in [6.45, 7) is 9.25. The lowest BCUT2D eigenvalue weighted by atomic mass is 10.0. The standard InChI is InChI=1S/C15H28N2O3/c1-10(2)5-6-11(3)16-14(18)9-17-8-7-13(12(17)4)15(19)20/h10-13H,5-9H2,1-4H3,(H,16,18)(H,19,20). The van der Waals surface area contributed by atoms with E-state index in [1.54, 1.807) is 0 Å². The fourth-order valence-electron chi connectivity index (χ4n) is 2.72. The molecule has 1 amide bonds. The van der Waals surface area contributed by atoms with E-state index in [1.807, 2.05) is 18.7 Å². The molecule has 5 nitrogen and oxygen atoms in total. The molecule has 1 fully saturated rings. The number of rotatable bonds is 7. The monoisotopic (exact) mass is 284 g/mol. The van der Waals surface area contributed by atoms with Crippen LogP contribution < -0.4 is 5.32 Å². The van der Waals surface area contributed by atoms with Crippen molar-refractivity contribution < 1.29 is 14.7 Å². The van der Waals surface area contributed by atoms with Crippen LogP contribution in [0.15, 0.2) is 0 Å². The van der Waals surface area contributed by atoms with E-state index < -0.39 is 5.97 Å². The van der Waals surface area contributed by atoms with Gasteiger partial charge in [0.2, 0.25) is 5.91 Å². The number of nitrogens with zero attached hydrogens (tertiary/aromatic N) is 1. The van der Waals surface area contributed by atoms with Gasteiger partial charge in [0, 0.05) is 12.1 Å². The molecule has 0 radical (unpaired) electrons. The van der Waals surface area contributed by atoms with Crippen LogP contribution in [0.3, 0.4) is 0 Å². The zero-order chi connectivity index (χ0) is 15.3. The van der Waals surface area contributed by atoms with Gasteiger partial charge < -0.3 is 10.4 Å². The third-order valence-electron chi connectivity index (χ3n) is 4.13. The number of amides is 1. The van der Waals surface area contributed by atoms with Crippen LogP contribution >= 0.6 is 0 Å². The largest absolute Gasteiger partial charge is 0.481 e. The summed E-state index contributed by atoms with van der Waals surface area (Å²) in [4.78, 5) is 25.0. The van der Waals surface area contributed by atoms with Gasteiger partial charge in [0.25, 0.3) is 0 Å². The highest BCUT2D eigenvalue weighted by Crippen LogP contribution is 2.23. The Bertz CT molecular complexity index is 344. The highest BCUT2D eigenvalue weighted by molar-refractivity contribution is 5.78. The summed E-state index contributed by atoms with van der Waals surface area (Å²) in [5, 5.41) is 12.1. The smallest absolute Gasteiger partial charge is 0.308 e. The van der Waals surface area contributed by atoms with Crippen molar-refractivity contribution in [1.82, 2.24) is 10.2 Å². The van der Waals surface area contributed by atoms with Gasteiger partial charge in [-0.15, -0.1) is 0 Å². The van der Waals surface area contributed by atoms with Gasteiger partial charge in [-0.25, -0.2) is 0 Å². The van der Waals surface area contributed by atoms with E-state index in [9.17, 15) is 9.59 Å². The van der Waals surface area contributed by atoms with Crippen molar-refractivity contribution in [2.75, 3.05) is 13.1 Å². The van der Waals surface area contributed by atoms with E-state index in [0.29, 0.717) is 25.4 Å². The predicted octanol–water partition coefficient (Wildman–Crippen LogP) is 1.72. The van der Waals surface area contributed by atoms with Crippen molar-refractivity contribution in [3.05, 3.63) is 0 Å². The third-order valence-corrected chi connectivity index (χ3v) is 4.13. The van der Waals surface area contributed by atoms with Crippen LogP contribution in [0, 0.1) is 11.8 Å². The van der Waals surface area contributed by atoms with E-state index in [4.69, 9.17) is 5.11 Å². The molecule has 1 aliphatic heterocycles. The number of carbonyl (C=O) groups excluding carboxylic acids is 1. The van der Waals surface area contributed by atoms with Crippen LogP contribution in [0.4, 0.5) is 0 Å². The molecule has 3 unspecified atom stereocenters. The van der Waals surface area contributed by atoms with E-state index in [1.165, 1.54) is 0 Å². The molecule has 20 heavy (non-hydrogen) atoms. The van der Waals surface area contributed by atoms with Gasteiger partial charge in [-0.3, -0.25) is 14.5 Å². The van der Waals surface area contributed by atoms with Crippen molar-refractivity contribution >= 4 is 11.9 Å². The number of hydrogen-bond donors (Lipinski definition) is 2. The number of carboxylic acids is 1. The Morgan fingerprint density at radius 2 is 1.95 bits per heavy atom. The maximum atomic E-state index is 12.0. The second-order valence-electron chi connectivity index (χ2n) is 6.38. The minimum atomic E-state index is -0.759. The summed E-state index contributed by atoms with van der Waals surface area (Å²) < 4.78 is 0. The third kappa shape index (κ3) is 5.12. The fraction of sp³-hybridized carbons (Fsp3) is 0.867. The first-order valence-corrected chi connectivity index (χ1v) is 7.57. The van der Waals surface area contributed by atoms with E-state index in [0.717, 1.165) is 12.8 Å². The fourth-order valence-corrected chi connectivity index (χ4v) is 2.72. The van der Waals surface area contributed by atoms with Gasteiger partial charge in [0.15, 0.2) is 0 Å². The number of carboxylic acid groups (broad SMARTS) is 1. The molecule has 2 N–H and O–H groups in total. The molecular formula is C15H28N2O3. The van der Waals surface area contributed by atoms with Crippen LogP contribution in [0.25, 0.3) is 0 Å². The molecule has 1 saturated heterocycles. The van der Waals surface area contributed by atoms with Gasteiger partial charge in [-0.1, -0.05) is 13.8 Å². The van der Waals surface area contributed by atoms with Crippen molar-refractivity contribution in [3.63, 3.8) is 0 Å². The molecule has 0 spiro atoms. The molecule has 0 aromatic carbocycles. The van der Waals surface area contributed by atoms with Gasteiger partial charge in [-0.05, 0) is 45.6 Å². The van der Waals surface area contributed by atoms with Crippen LogP contribution in [0.5, 0.6) is 0 Å². The van der Waals surface area contributed by atoms with E-state index in [2.05, 4.69) is 19.2 Å². The molecule has 3 atom stereocenters. The molecule has 116 valence electrons. The second-order valence-corrected chi connectivity index (χ2v) is 6.38. The van der Waals surface area contributed by atoms with Crippen molar-refractivity contribution in [1.29, 1.82) is 0 Å². The number of hydrogen-bond acceptors (Lipinski definition) is 3. The zero-order valence-corrected chi connectivity index (χ0v) is 13.1. The molecule has 5 heteroatoms. The lowest BCUT2D eigenvalue weighted by Crippen LogP contribution is -2.43. The molecule has 0 saturated carbocycles. The first-order chi connectivity index (χ1) is 9.31. The van der Waals surface area contributed by atoms with Gasteiger partial charge in [0.1, 0.15) is 0 Å². The summed E-state index contributed by atoms with van der Waals surface area (Å²) >= 11 is 0. The van der Waals surface area contributed by atoms with Crippen LogP contribution in [0.2, 0.25) is 0 Å². The highest BCUT2D eigenvalue weighted by Gasteiger charge is 2.36. The summed E-state index contributed by atoms with van der Waals surface area (Å²) in [7, 11) is 0. The second kappa shape index (κ2) is 7.62. The highest BCUT2D eigenvalue weighted by atomic mass is 16.4. The number of aliphatic carboxylic acids is 1. The van der Waals surface area contributed by atoms with Crippen molar-refractivity contribution in [2.24, 2.45) is 11.8 Å². The normalized spacial score (nSPS) is 24.9. The topological polar surface area (TPSA) is 69.6 Å². The number of nitrogens with one attached hydrogen (secondary N) is 1. The minimum absolute atomic E-state index is 0.000792. The lowest BCUT2D eigenvalue weighted by molar-refractivity contribution is -0.142. The van der Waals surface area contributed by atoms with Crippen LogP contribution in [0.1, 0.15) is 47.0 Å². The summed E-state index contributed by atoms with van der Waals surface area (Å²) in [5.74, 6) is -0.463. The van der Waals surface area contributed by atoms with Gasteiger partial charge in [0.05, 0.1) is 12.5 Å². The molecule has 1 heterocycles. The Balaban J connectivity index is 2.34. The summed E-state index contributed by atoms with van der Waals surface area (Å²) in [6.07, 6.45) is 2.71. The van der Waals surface area contributed by atoms with Crippen LogP contribution in [-0.2, 0) is 9.59 Å². The maximum Gasteiger partial charge on any atom is 0.308 e. The lowest BCUT2D eigenvalue weighted by Gasteiger charge is -2.23. The summed E-state index contributed by atoms with van der Waals surface area (Å²) in [6, 6.07) is 0.113. The van der Waals surface area contributed by atoms with Gasteiger partial charge >= 0.3 is 5.97 Å². The Hall–Kier alpha value is -1.10. The number of likely N-dealkylation sites (tertiary alicyclic amines) is 1. The Morgan fingerprint density at radius 3 is 2.45 bits per heavy atom. The Kier molecular flexibility index (Phi) is 6.46. The molecule has 0 aliphatic carbocycles.